The molecule has 2 aromatic rings. The Morgan fingerprint density at radius 1 is 1.19 bits per heavy atom. The van der Waals surface area contributed by atoms with Gasteiger partial charge in [-0.15, -0.1) is 0 Å². The Hall–Kier alpha value is -1.95. The quantitative estimate of drug-likeness (QED) is 0.851. The summed E-state index contributed by atoms with van der Waals surface area (Å²) in [6, 6.07) is 6.99. The van der Waals surface area contributed by atoms with Crippen LogP contribution in [-0.4, -0.2) is 16.2 Å². The highest BCUT2D eigenvalue weighted by molar-refractivity contribution is 5.27. The Morgan fingerprint density at radius 2 is 1.90 bits per heavy atom. The first kappa shape index (κ1) is 15.4. The van der Waals surface area contributed by atoms with Crippen molar-refractivity contribution in [2.24, 2.45) is 0 Å². The highest BCUT2D eigenvalue weighted by Gasteiger charge is 2.05. The van der Waals surface area contributed by atoms with Crippen molar-refractivity contribution < 1.29 is 13.5 Å². The van der Waals surface area contributed by atoms with Crippen molar-refractivity contribution in [3.63, 3.8) is 0 Å². The number of aromatic nitrogens is 2. The van der Waals surface area contributed by atoms with Crippen molar-refractivity contribution in [2.75, 3.05) is 0 Å². The van der Waals surface area contributed by atoms with Gasteiger partial charge in [-0.05, 0) is 31.5 Å². The molecular formula is C15H19F2N3O. The van der Waals surface area contributed by atoms with Gasteiger partial charge in [0.05, 0.1) is 12.0 Å². The van der Waals surface area contributed by atoms with E-state index in [0.29, 0.717) is 19.1 Å². The number of alkyl halides is 2. The van der Waals surface area contributed by atoms with Crippen LogP contribution in [0.4, 0.5) is 8.78 Å². The third-order valence-electron chi connectivity index (χ3n) is 3.09. The number of rotatable bonds is 7. The summed E-state index contributed by atoms with van der Waals surface area (Å²) in [5, 5.41) is 3.31. The second kappa shape index (κ2) is 7.17. The Balaban J connectivity index is 1.84. The lowest BCUT2D eigenvalue weighted by atomic mass is 10.2. The van der Waals surface area contributed by atoms with E-state index in [9.17, 15) is 8.78 Å². The van der Waals surface area contributed by atoms with Gasteiger partial charge in [0.15, 0.2) is 0 Å². The van der Waals surface area contributed by atoms with Crippen molar-refractivity contribution in [2.45, 2.75) is 39.6 Å². The molecule has 1 aromatic carbocycles. The molecule has 0 saturated heterocycles. The minimum Gasteiger partial charge on any atom is -0.435 e. The fourth-order valence-electron chi connectivity index (χ4n) is 2.06. The lowest BCUT2D eigenvalue weighted by Crippen LogP contribution is -2.16. The molecule has 0 aliphatic heterocycles. The average Bonchev–Trinajstić information content (AvgIpc) is 2.89. The summed E-state index contributed by atoms with van der Waals surface area (Å²) in [6.45, 7) is 2.77. The Kier molecular flexibility index (Phi) is 5.27. The maximum Gasteiger partial charge on any atom is 0.387 e. The molecule has 0 atom stereocenters. The zero-order valence-corrected chi connectivity index (χ0v) is 12.1. The fourth-order valence-corrected chi connectivity index (χ4v) is 2.06. The van der Waals surface area contributed by atoms with E-state index in [0.717, 1.165) is 11.3 Å². The molecule has 1 N–H and O–H groups in total. The van der Waals surface area contributed by atoms with Gasteiger partial charge in [0.25, 0.3) is 0 Å². The molecule has 0 aliphatic carbocycles. The topological polar surface area (TPSA) is 39.1 Å². The molecule has 4 nitrogen and oxygen atoms in total. The maximum absolute atomic E-state index is 12.0. The van der Waals surface area contributed by atoms with E-state index in [4.69, 9.17) is 0 Å². The monoisotopic (exact) mass is 295 g/mol. The summed E-state index contributed by atoms with van der Waals surface area (Å²) in [7, 11) is 0. The lowest BCUT2D eigenvalue weighted by molar-refractivity contribution is -0.0498. The van der Waals surface area contributed by atoms with Crippen LogP contribution < -0.4 is 10.1 Å². The molecule has 1 heterocycles. The predicted molar refractivity (Wildman–Crippen MR) is 76.2 cm³/mol. The van der Waals surface area contributed by atoms with Gasteiger partial charge in [0.1, 0.15) is 5.75 Å². The largest absolute Gasteiger partial charge is 0.435 e. The number of nitrogens with one attached hydrogen (secondary N) is 1. The van der Waals surface area contributed by atoms with Crippen molar-refractivity contribution >= 4 is 0 Å². The number of ether oxygens (including phenoxy) is 1. The van der Waals surface area contributed by atoms with Crippen molar-refractivity contribution in [1.82, 2.24) is 14.9 Å². The average molecular weight is 295 g/mol. The first-order chi connectivity index (χ1) is 10.1. The molecule has 21 heavy (non-hydrogen) atoms. The van der Waals surface area contributed by atoms with E-state index in [1.165, 1.54) is 0 Å². The summed E-state index contributed by atoms with van der Waals surface area (Å²) in [6.07, 6.45) is 3.66. The Morgan fingerprint density at radius 3 is 2.52 bits per heavy atom. The maximum atomic E-state index is 12.0. The highest BCUT2D eigenvalue weighted by atomic mass is 19.3. The summed E-state index contributed by atoms with van der Waals surface area (Å²) in [4.78, 5) is 4.14. The van der Waals surface area contributed by atoms with E-state index in [1.54, 1.807) is 24.3 Å². The number of nitrogens with zero attached hydrogens (tertiary/aromatic N) is 2. The van der Waals surface area contributed by atoms with Crippen molar-refractivity contribution in [1.29, 1.82) is 0 Å². The van der Waals surface area contributed by atoms with Gasteiger partial charge in [-0.25, -0.2) is 4.98 Å². The van der Waals surface area contributed by atoms with E-state index >= 15 is 0 Å². The van der Waals surface area contributed by atoms with Gasteiger partial charge >= 0.3 is 6.61 Å². The van der Waals surface area contributed by atoms with Gasteiger partial charge in [0.2, 0.25) is 0 Å². The van der Waals surface area contributed by atoms with Crippen LogP contribution in [0.25, 0.3) is 0 Å². The van der Waals surface area contributed by atoms with Crippen LogP contribution in [-0.2, 0) is 13.1 Å². The SMILES string of the molecule is CC(C)n1cncc1CNCc1ccc(OC(F)F)cc1. The van der Waals surface area contributed by atoms with Gasteiger partial charge in [-0.2, -0.15) is 8.78 Å². The highest BCUT2D eigenvalue weighted by Crippen LogP contribution is 2.15. The molecule has 2 rings (SSSR count). The fraction of sp³-hybridized carbons (Fsp3) is 0.400. The molecule has 114 valence electrons. The van der Waals surface area contributed by atoms with Gasteiger partial charge in [-0.1, -0.05) is 12.1 Å². The Labute approximate surface area is 122 Å². The van der Waals surface area contributed by atoms with E-state index in [1.807, 2.05) is 12.5 Å². The number of imidazole rings is 1. The summed E-state index contributed by atoms with van der Waals surface area (Å²) >= 11 is 0. The minimum atomic E-state index is -2.79. The van der Waals surface area contributed by atoms with Crippen LogP contribution in [0.1, 0.15) is 31.1 Å². The van der Waals surface area contributed by atoms with Crippen LogP contribution in [0.3, 0.4) is 0 Å². The van der Waals surface area contributed by atoms with Gasteiger partial charge < -0.3 is 14.6 Å². The lowest BCUT2D eigenvalue weighted by Gasteiger charge is -2.12. The number of halogens is 2. The van der Waals surface area contributed by atoms with Crippen LogP contribution in [0, 0.1) is 0 Å². The zero-order chi connectivity index (χ0) is 15.2. The van der Waals surface area contributed by atoms with Crippen LogP contribution in [0.2, 0.25) is 0 Å². The minimum absolute atomic E-state index is 0.173. The molecule has 0 aliphatic rings. The summed E-state index contributed by atoms with van der Waals surface area (Å²) in [5.41, 5.74) is 2.12. The van der Waals surface area contributed by atoms with Crippen molar-refractivity contribution in [3.05, 3.63) is 48.0 Å². The molecule has 0 saturated carbocycles. The second-order valence-electron chi connectivity index (χ2n) is 5.01. The smallest absolute Gasteiger partial charge is 0.387 e. The van der Waals surface area contributed by atoms with Crippen LogP contribution in [0.5, 0.6) is 5.75 Å². The van der Waals surface area contributed by atoms with Crippen LogP contribution in [0.15, 0.2) is 36.8 Å². The first-order valence-electron chi connectivity index (χ1n) is 6.81. The molecule has 0 fully saturated rings. The van der Waals surface area contributed by atoms with E-state index < -0.39 is 6.61 Å². The molecule has 6 heteroatoms. The van der Waals surface area contributed by atoms with E-state index in [-0.39, 0.29) is 5.75 Å². The van der Waals surface area contributed by atoms with Crippen molar-refractivity contribution in [3.8, 4) is 5.75 Å². The molecule has 1 aromatic heterocycles. The molecule has 0 amide bonds. The number of hydrogen-bond acceptors (Lipinski definition) is 3. The number of hydrogen-bond donors (Lipinski definition) is 1. The third kappa shape index (κ3) is 4.53. The second-order valence-corrected chi connectivity index (χ2v) is 5.01. The van der Waals surface area contributed by atoms with E-state index in [2.05, 4.69) is 33.5 Å². The molecular weight excluding hydrogens is 276 g/mol. The zero-order valence-electron chi connectivity index (χ0n) is 12.1. The van der Waals surface area contributed by atoms with Gasteiger partial charge in [-0.3, -0.25) is 0 Å². The summed E-state index contributed by atoms with van der Waals surface area (Å²) in [5.74, 6) is 0.173. The summed E-state index contributed by atoms with van der Waals surface area (Å²) < 4.78 is 30.5. The normalized spacial score (nSPS) is 11.3. The molecule has 0 spiro atoms. The molecule has 0 bridgehead atoms. The Bertz CT molecular complexity index is 552. The van der Waals surface area contributed by atoms with Crippen LogP contribution >= 0.6 is 0 Å². The molecule has 0 radical (unpaired) electrons. The third-order valence-corrected chi connectivity index (χ3v) is 3.09. The number of benzene rings is 1. The predicted octanol–water partition coefficient (Wildman–Crippen LogP) is 3.36. The standard InChI is InChI=1S/C15H19F2N3O/c1-11(2)20-10-19-9-13(20)8-18-7-12-3-5-14(6-4-12)21-15(16)17/h3-6,9-11,15,18H,7-8H2,1-2H3. The van der Waals surface area contributed by atoms with Gasteiger partial charge in [0, 0.05) is 25.3 Å². The molecule has 0 unspecified atom stereocenters. The first-order valence-corrected chi connectivity index (χ1v) is 6.81.